The molecule has 150 valence electrons. The minimum absolute atomic E-state index is 0.110. The molecule has 6 nitrogen and oxygen atoms in total. The quantitative estimate of drug-likeness (QED) is 0.439. The molecule has 0 aliphatic heterocycles. The lowest BCUT2D eigenvalue weighted by atomic mass is 10.1. The third kappa shape index (κ3) is 4.17. The lowest BCUT2D eigenvalue weighted by Gasteiger charge is -2.06. The van der Waals surface area contributed by atoms with Gasteiger partial charge in [0.1, 0.15) is 5.75 Å². The predicted molar refractivity (Wildman–Crippen MR) is 119 cm³/mol. The van der Waals surface area contributed by atoms with Crippen LogP contribution in [0, 0.1) is 0 Å². The number of carbonyl (C=O) groups excluding carboxylic acids is 2. The number of rotatable bonds is 5. The van der Waals surface area contributed by atoms with Gasteiger partial charge in [-0.3, -0.25) is 9.59 Å². The average molecular weight is 399 g/mol. The molecule has 0 spiro atoms. The Morgan fingerprint density at radius 3 is 2.37 bits per heavy atom. The number of H-pyrrole nitrogens is 1. The van der Waals surface area contributed by atoms with Crippen LogP contribution in [0.15, 0.2) is 72.8 Å². The molecule has 0 bridgehead atoms. The van der Waals surface area contributed by atoms with E-state index in [9.17, 15) is 9.59 Å². The standard InChI is InChI=1S/C24H21N3O3/c1-15(28)25-19-5-3-4-17(12-19)23-14-18-13-20(8-11-22(18)27-23)26-24(29)16-6-9-21(30-2)10-7-16/h3-14,27H,1-2H3,(H,25,28)(H,26,29). The molecule has 30 heavy (non-hydrogen) atoms. The van der Waals surface area contributed by atoms with Gasteiger partial charge in [-0.15, -0.1) is 0 Å². The molecule has 2 amide bonds. The molecule has 4 aromatic rings. The van der Waals surface area contributed by atoms with Gasteiger partial charge in [0.05, 0.1) is 7.11 Å². The number of ether oxygens (including phenoxy) is 1. The van der Waals surface area contributed by atoms with Crippen molar-refractivity contribution in [1.29, 1.82) is 0 Å². The van der Waals surface area contributed by atoms with Crippen LogP contribution in [0.1, 0.15) is 17.3 Å². The van der Waals surface area contributed by atoms with Crippen molar-refractivity contribution in [2.75, 3.05) is 17.7 Å². The highest BCUT2D eigenvalue weighted by Crippen LogP contribution is 2.28. The summed E-state index contributed by atoms with van der Waals surface area (Å²) < 4.78 is 5.12. The Morgan fingerprint density at radius 1 is 0.867 bits per heavy atom. The normalized spacial score (nSPS) is 10.6. The van der Waals surface area contributed by atoms with Crippen LogP contribution < -0.4 is 15.4 Å². The van der Waals surface area contributed by atoms with Crippen molar-refractivity contribution >= 4 is 34.1 Å². The molecule has 0 atom stereocenters. The third-order valence-corrected chi connectivity index (χ3v) is 4.72. The van der Waals surface area contributed by atoms with Crippen LogP contribution >= 0.6 is 0 Å². The smallest absolute Gasteiger partial charge is 0.255 e. The molecule has 1 heterocycles. The zero-order valence-corrected chi connectivity index (χ0v) is 16.7. The second-order valence-corrected chi connectivity index (χ2v) is 6.93. The maximum atomic E-state index is 12.5. The Labute approximate surface area is 173 Å². The van der Waals surface area contributed by atoms with Crippen LogP contribution in [0.5, 0.6) is 5.75 Å². The number of aromatic nitrogens is 1. The Hall–Kier alpha value is -4.06. The Morgan fingerprint density at radius 2 is 1.63 bits per heavy atom. The Balaban J connectivity index is 1.56. The van der Waals surface area contributed by atoms with Crippen molar-refractivity contribution in [3.8, 4) is 17.0 Å². The molecule has 0 fully saturated rings. The van der Waals surface area contributed by atoms with Crippen molar-refractivity contribution < 1.29 is 14.3 Å². The third-order valence-electron chi connectivity index (χ3n) is 4.72. The fourth-order valence-corrected chi connectivity index (χ4v) is 3.28. The molecule has 0 aliphatic rings. The number of hydrogen-bond donors (Lipinski definition) is 3. The van der Waals surface area contributed by atoms with Crippen molar-refractivity contribution in [2.45, 2.75) is 6.92 Å². The van der Waals surface area contributed by atoms with E-state index in [-0.39, 0.29) is 11.8 Å². The summed E-state index contributed by atoms with van der Waals surface area (Å²) >= 11 is 0. The minimum atomic E-state index is -0.184. The molecule has 3 aromatic carbocycles. The number of nitrogens with one attached hydrogen (secondary N) is 3. The highest BCUT2D eigenvalue weighted by molar-refractivity contribution is 6.05. The summed E-state index contributed by atoms with van der Waals surface area (Å²) in [7, 11) is 1.59. The van der Waals surface area contributed by atoms with Crippen LogP contribution in [0.4, 0.5) is 11.4 Å². The van der Waals surface area contributed by atoms with Crippen molar-refractivity contribution in [2.24, 2.45) is 0 Å². The first-order valence-corrected chi connectivity index (χ1v) is 9.48. The van der Waals surface area contributed by atoms with Gasteiger partial charge in [-0.1, -0.05) is 12.1 Å². The van der Waals surface area contributed by atoms with Gasteiger partial charge in [0.15, 0.2) is 0 Å². The molecule has 6 heteroatoms. The molecule has 0 radical (unpaired) electrons. The fourth-order valence-electron chi connectivity index (χ4n) is 3.28. The molecular formula is C24H21N3O3. The second-order valence-electron chi connectivity index (χ2n) is 6.93. The number of anilines is 2. The van der Waals surface area contributed by atoms with E-state index in [1.807, 2.05) is 48.5 Å². The fraction of sp³-hybridized carbons (Fsp3) is 0.0833. The number of aromatic amines is 1. The van der Waals surface area contributed by atoms with Gasteiger partial charge in [-0.2, -0.15) is 0 Å². The van der Waals surface area contributed by atoms with Gasteiger partial charge in [0.25, 0.3) is 5.91 Å². The Bertz CT molecular complexity index is 1230. The number of carbonyl (C=O) groups is 2. The molecule has 1 aromatic heterocycles. The van der Waals surface area contributed by atoms with Crippen LogP contribution in [-0.2, 0) is 4.79 Å². The van der Waals surface area contributed by atoms with Crippen LogP contribution in [0.2, 0.25) is 0 Å². The number of fused-ring (bicyclic) bond motifs is 1. The monoisotopic (exact) mass is 399 g/mol. The van der Waals surface area contributed by atoms with Gasteiger partial charge < -0.3 is 20.4 Å². The zero-order chi connectivity index (χ0) is 21.1. The summed E-state index contributed by atoms with van der Waals surface area (Å²) in [6.07, 6.45) is 0. The number of amides is 2. The molecular weight excluding hydrogens is 378 g/mol. The van der Waals surface area contributed by atoms with Crippen molar-refractivity contribution in [3.05, 3.63) is 78.4 Å². The summed E-state index contributed by atoms with van der Waals surface area (Å²) in [6.45, 7) is 1.48. The lowest BCUT2D eigenvalue weighted by molar-refractivity contribution is -0.114. The minimum Gasteiger partial charge on any atom is -0.497 e. The average Bonchev–Trinajstić information content (AvgIpc) is 3.17. The van der Waals surface area contributed by atoms with Crippen LogP contribution in [0.25, 0.3) is 22.2 Å². The van der Waals surface area contributed by atoms with Gasteiger partial charge in [-0.05, 0) is 60.7 Å². The molecule has 0 aliphatic carbocycles. The maximum absolute atomic E-state index is 12.5. The van der Waals surface area contributed by atoms with Crippen molar-refractivity contribution in [1.82, 2.24) is 4.98 Å². The number of methoxy groups -OCH3 is 1. The first kappa shape index (κ1) is 19.3. The first-order chi connectivity index (χ1) is 14.5. The van der Waals surface area contributed by atoms with E-state index < -0.39 is 0 Å². The number of benzene rings is 3. The summed E-state index contributed by atoms with van der Waals surface area (Å²) in [5.74, 6) is 0.409. The van der Waals surface area contributed by atoms with Gasteiger partial charge >= 0.3 is 0 Å². The van der Waals surface area contributed by atoms with E-state index in [1.165, 1.54) is 6.92 Å². The Kier molecular flexibility index (Phi) is 5.22. The highest BCUT2D eigenvalue weighted by Gasteiger charge is 2.09. The second kappa shape index (κ2) is 8.13. The molecule has 0 saturated heterocycles. The van der Waals surface area contributed by atoms with Crippen LogP contribution in [-0.4, -0.2) is 23.9 Å². The zero-order valence-electron chi connectivity index (χ0n) is 16.7. The molecule has 0 unspecified atom stereocenters. The van der Waals surface area contributed by atoms with E-state index in [0.717, 1.165) is 27.8 Å². The number of hydrogen-bond acceptors (Lipinski definition) is 3. The lowest BCUT2D eigenvalue weighted by Crippen LogP contribution is -2.11. The summed E-state index contributed by atoms with van der Waals surface area (Å²) in [5, 5.41) is 6.69. The SMILES string of the molecule is COc1ccc(C(=O)Nc2ccc3[nH]c(-c4cccc(NC(C)=O)c4)cc3c2)cc1. The van der Waals surface area contributed by atoms with E-state index in [1.54, 1.807) is 31.4 Å². The van der Waals surface area contributed by atoms with Crippen LogP contribution in [0.3, 0.4) is 0 Å². The van der Waals surface area contributed by atoms with Gasteiger partial charge in [0.2, 0.25) is 5.91 Å². The van der Waals surface area contributed by atoms with E-state index >= 15 is 0 Å². The molecule has 0 saturated carbocycles. The largest absolute Gasteiger partial charge is 0.497 e. The van der Waals surface area contributed by atoms with E-state index in [2.05, 4.69) is 15.6 Å². The van der Waals surface area contributed by atoms with E-state index in [4.69, 9.17) is 4.74 Å². The molecule has 4 rings (SSSR count). The molecule has 3 N–H and O–H groups in total. The topological polar surface area (TPSA) is 83.2 Å². The van der Waals surface area contributed by atoms with Gasteiger partial charge in [-0.25, -0.2) is 0 Å². The summed E-state index contributed by atoms with van der Waals surface area (Å²) in [5.41, 5.74) is 4.85. The first-order valence-electron chi connectivity index (χ1n) is 9.48. The maximum Gasteiger partial charge on any atom is 0.255 e. The van der Waals surface area contributed by atoms with Crippen molar-refractivity contribution in [3.63, 3.8) is 0 Å². The predicted octanol–water partition coefficient (Wildman–Crippen LogP) is 5.05. The highest BCUT2D eigenvalue weighted by atomic mass is 16.5. The summed E-state index contributed by atoms with van der Waals surface area (Å²) in [4.78, 5) is 27.2. The summed E-state index contributed by atoms with van der Waals surface area (Å²) in [6, 6.07) is 22.3. The van der Waals surface area contributed by atoms with Gasteiger partial charge in [0, 0.05) is 46.0 Å². The van der Waals surface area contributed by atoms with E-state index in [0.29, 0.717) is 17.0 Å².